The number of anilines is 2. The lowest BCUT2D eigenvalue weighted by atomic mass is 10.1. The Morgan fingerprint density at radius 1 is 1.10 bits per heavy atom. The van der Waals surface area contributed by atoms with E-state index in [0.29, 0.717) is 17.3 Å². The van der Waals surface area contributed by atoms with E-state index in [9.17, 15) is 14.4 Å². The first-order chi connectivity index (χ1) is 14.0. The van der Waals surface area contributed by atoms with Gasteiger partial charge in [-0.15, -0.1) is 0 Å². The molecule has 0 radical (unpaired) electrons. The molecule has 6 nitrogen and oxygen atoms in total. The number of nitrogens with one attached hydrogen (secondary N) is 2. The molecule has 2 aromatic carbocycles. The molecule has 29 heavy (non-hydrogen) atoms. The van der Waals surface area contributed by atoms with E-state index in [0.717, 1.165) is 24.9 Å². The Morgan fingerprint density at radius 3 is 2.69 bits per heavy atom. The van der Waals surface area contributed by atoms with Gasteiger partial charge in [-0.05, 0) is 60.7 Å². The molecule has 2 N–H and O–H groups in total. The van der Waals surface area contributed by atoms with E-state index in [1.54, 1.807) is 17.0 Å². The topological polar surface area (TPSA) is 78.5 Å². The number of fused-ring (bicyclic) bond motifs is 1. The highest BCUT2D eigenvalue weighted by Crippen LogP contribution is 2.31. The average molecular weight is 412 g/mol. The summed E-state index contributed by atoms with van der Waals surface area (Å²) in [7, 11) is 1.52. The minimum Gasteiger partial charge on any atom is -0.355 e. The van der Waals surface area contributed by atoms with Gasteiger partial charge in [0.25, 0.3) is 5.91 Å². The maximum absolute atomic E-state index is 12.7. The number of nitrogens with zero attached hydrogens (tertiary/aromatic N) is 1. The van der Waals surface area contributed by atoms with Crippen LogP contribution in [0.3, 0.4) is 0 Å². The molecule has 1 unspecified atom stereocenters. The fourth-order valence-corrected chi connectivity index (χ4v) is 4.22. The predicted molar refractivity (Wildman–Crippen MR) is 112 cm³/mol. The highest BCUT2D eigenvalue weighted by atomic mass is 35.5. The molecule has 1 heterocycles. The number of aryl methyl sites for hydroxylation is 2. The number of halogens is 1. The largest absolute Gasteiger partial charge is 0.355 e. The molecule has 2 aromatic rings. The first kappa shape index (κ1) is 19.5. The summed E-state index contributed by atoms with van der Waals surface area (Å²) >= 11 is 6.05. The van der Waals surface area contributed by atoms with Crippen LogP contribution >= 0.6 is 11.6 Å². The standard InChI is InChI=1S/C22H22ClN3O3/c1-24-22(29)18-11-16(6-8-19(18)23)25-21(28)15-10-20(27)26(12-15)17-7-5-13-3-2-4-14(13)9-17/h5-9,11,15H,2-4,10,12H2,1H3,(H,24,29)(H,25,28). The van der Waals surface area contributed by atoms with Gasteiger partial charge in [-0.2, -0.15) is 0 Å². The summed E-state index contributed by atoms with van der Waals surface area (Å²) in [5.41, 5.74) is 4.27. The van der Waals surface area contributed by atoms with Crippen LogP contribution in [0.15, 0.2) is 36.4 Å². The number of amides is 3. The third kappa shape index (κ3) is 3.85. The minimum atomic E-state index is -0.449. The molecular weight excluding hydrogens is 390 g/mol. The second kappa shape index (κ2) is 7.87. The van der Waals surface area contributed by atoms with Crippen LogP contribution < -0.4 is 15.5 Å². The summed E-state index contributed by atoms with van der Waals surface area (Å²) in [5.74, 6) is -1.07. The lowest BCUT2D eigenvalue weighted by Gasteiger charge is -2.18. The zero-order valence-electron chi connectivity index (χ0n) is 16.1. The van der Waals surface area contributed by atoms with Gasteiger partial charge in [-0.25, -0.2) is 0 Å². The van der Waals surface area contributed by atoms with Gasteiger partial charge < -0.3 is 15.5 Å². The van der Waals surface area contributed by atoms with Gasteiger partial charge in [0.2, 0.25) is 11.8 Å². The Labute approximate surface area is 174 Å². The molecule has 150 valence electrons. The molecule has 1 fully saturated rings. The lowest BCUT2D eigenvalue weighted by molar-refractivity contribution is -0.122. The van der Waals surface area contributed by atoms with Crippen molar-refractivity contribution in [1.29, 1.82) is 0 Å². The zero-order valence-corrected chi connectivity index (χ0v) is 16.9. The fourth-order valence-electron chi connectivity index (χ4n) is 4.01. The molecule has 3 amide bonds. The van der Waals surface area contributed by atoms with Crippen molar-refractivity contribution < 1.29 is 14.4 Å². The van der Waals surface area contributed by atoms with Crippen molar-refractivity contribution in [2.45, 2.75) is 25.7 Å². The maximum Gasteiger partial charge on any atom is 0.252 e. The SMILES string of the molecule is CNC(=O)c1cc(NC(=O)C2CC(=O)N(c3ccc4c(c3)CCC4)C2)ccc1Cl. The number of hydrogen-bond donors (Lipinski definition) is 2. The van der Waals surface area contributed by atoms with Gasteiger partial charge in [0.15, 0.2) is 0 Å². The Balaban J connectivity index is 1.47. The lowest BCUT2D eigenvalue weighted by Crippen LogP contribution is -2.28. The third-order valence-corrected chi connectivity index (χ3v) is 5.92. The summed E-state index contributed by atoms with van der Waals surface area (Å²) in [4.78, 5) is 38.9. The van der Waals surface area contributed by atoms with Crippen molar-refractivity contribution in [3.8, 4) is 0 Å². The minimum absolute atomic E-state index is 0.0507. The van der Waals surface area contributed by atoms with E-state index in [1.807, 2.05) is 6.07 Å². The zero-order chi connectivity index (χ0) is 20.5. The average Bonchev–Trinajstić information content (AvgIpc) is 3.34. The van der Waals surface area contributed by atoms with Gasteiger partial charge in [0, 0.05) is 31.4 Å². The third-order valence-electron chi connectivity index (χ3n) is 5.60. The molecular formula is C22H22ClN3O3. The smallest absolute Gasteiger partial charge is 0.252 e. The van der Waals surface area contributed by atoms with Gasteiger partial charge in [-0.3, -0.25) is 14.4 Å². The second-order valence-corrected chi connectivity index (χ2v) is 7.88. The molecule has 1 saturated heterocycles. The van der Waals surface area contributed by atoms with Crippen LogP contribution in [0.2, 0.25) is 5.02 Å². The van der Waals surface area contributed by atoms with Crippen LogP contribution in [0.5, 0.6) is 0 Å². The summed E-state index contributed by atoms with van der Waals surface area (Å²) in [6.07, 6.45) is 3.45. The van der Waals surface area contributed by atoms with Crippen molar-refractivity contribution in [2.24, 2.45) is 5.92 Å². The number of benzene rings is 2. The van der Waals surface area contributed by atoms with E-state index >= 15 is 0 Å². The quantitative estimate of drug-likeness (QED) is 0.811. The van der Waals surface area contributed by atoms with Crippen LogP contribution in [-0.2, 0) is 22.4 Å². The summed E-state index contributed by atoms with van der Waals surface area (Å²) < 4.78 is 0. The van der Waals surface area contributed by atoms with Crippen LogP contribution in [0.4, 0.5) is 11.4 Å². The van der Waals surface area contributed by atoms with Crippen molar-refractivity contribution in [3.63, 3.8) is 0 Å². The van der Waals surface area contributed by atoms with Crippen LogP contribution in [0.1, 0.15) is 34.3 Å². The fraction of sp³-hybridized carbons (Fsp3) is 0.318. The van der Waals surface area contributed by atoms with Gasteiger partial charge in [-0.1, -0.05) is 17.7 Å². The molecule has 0 aromatic heterocycles. The molecule has 2 aliphatic rings. The predicted octanol–water partition coefficient (Wildman–Crippen LogP) is 3.18. The van der Waals surface area contributed by atoms with E-state index < -0.39 is 5.92 Å². The molecule has 1 aliphatic carbocycles. The molecule has 7 heteroatoms. The van der Waals surface area contributed by atoms with E-state index in [4.69, 9.17) is 11.6 Å². The normalized spacial score (nSPS) is 17.9. The molecule has 4 rings (SSSR count). The van der Waals surface area contributed by atoms with Crippen LogP contribution in [0, 0.1) is 5.92 Å². The van der Waals surface area contributed by atoms with Crippen molar-refractivity contribution >= 4 is 40.7 Å². The Hall–Kier alpha value is -2.86. The van der Waals surface area contributed by atoms with Crippen LogP contribution in [-0.4, -0.2) is 31.3 Å². The van der Waals surface area contributed by atoms with Gasteiger partial charge in [0.1, 0.15) is 0 Å². The summed E-state index contributed by atoms with van der Waals surface area (Å²) in [6, 6.07) is 10.9. The molecule has 1 atom stereocenters. The first-order valence-electron chi connectivity index (χ1n) is 9.71. The maximum atomic E-state index is 12.7. The summed E-state index contributed by atoms with van der Waals surface area (Å²) in [5, 5.41) is 5.63. The highest BCUT2D eigenvalue weighted by molar-refractivity contribution is 6.34. The van der Waals surface area contributed by atoms with Gasteiger partial charge in [0.05, 0.1) is 16.5 Å². The van der Waals surface area contributed by atoms with Crippen molar-refractivity contribution in [2.75, 3.05) is 23.8 Å². The number of carbonyl (C=O) groups is 3. The van der Waals surface area contributed by atoms with Crippen molar-refractivity contribution in [3.05, 3.63) is 58.1 Å². The number of hydrogen-bond acceptors (Lipinski definition) is 3. The molecule has 0 bridgehead atoms. The number of rotatable bonds is 4. The van der Waals surface area contributed by atoms with Crippen molar-refractivity contribution in [1.82, 2.24) is 5.32 Å². The molecule has 0 spiro atoms. The molecule has 0 saturated carbocycles. The summed E-state index contributed by atoms with van der Waals surface area (Å²) in [6.45, 7) is 0.347. The monoisotopic (exact) mass is 411 g/mol. The van der Waals surface area contributed by atoms with E-state index in [2.05, 4.69) is 22.8 Å². The first-order valence-corrected chi connectivity index (χ1v) is 10.1. The van der Waals surface area contributed by atoms with E-state index in [-0.39, 0.29) is 29.7 Å². The Bertz CT molecular complexity index is 1000. The number of carbonyl (C=O) groups excluding carboxylic acids is 3. The van der Waals surface area contributed by atoms with Gasteiger partial charge >= 0.3 is 0 Å². The van der Waals surface area contributed by atoms with E-state index in [1.165, 1.54) is 24.2 Å². The Kier molecular flexibility index (Phi) is 5.28. The second-order valence-electron chi connectivity index (χ2n) is 7.47. The Morgan fingerprint density at radius 2 is 1.90 bits per heavy atom. The highest BCUT2D eigenvalue weighted by Gasteiger charge is 2.35. The molecule has 1 aliphatic heterocycles. The van der Waals surface area contributed by atoms with Crippen LogP contribution in [0.25, 0.3) is 0 Å².